The normalized spacial score (nSPS) is 16.0. The minimum absolute atomic E-state index is 0.0936. The molecular weight excluding hydrogens is 374 g/mol. The Hall–Kier alpha value is -2.11. The van der Waals surface area contributed by atoms with Gasteiger partial charge in [0.15, 0.2) is 0 Å². The Balaban J connectivity index is 1.61. The molecule has 1 fully saturated rings. The molecule has 150 valence electrons. The number of rotatable bonds is 5. The van der Waals surface area contributed by atoms with E-state index in [4.69, 9.17) is 16.3 Å². The van der Waals surface area contributed by atoms with Gasteiger partial charge in [-0.25, -0.2) is 0 Å². The fourth-order valence-corrected chi connectivity index (χ4v) is 3.47. The van der Waals surface area contributed by atoms with Crippen molar-refractivity contribution >= 4 is 17.5 Å². The van der Waals surface area contributed by atoms with E-state index in [0.29, 0.717) is 16.3 Å². The molecule has 0 spiro atoms. The Bertz CT molecular complexity index is 797. The number of carbonyl (C=O) groups excluding carboxylic acids is 1. The molecule has 0 radical (unpaired) electrons. The first kappa shape index (κ1) is 20.6. The van der Waals surface area contributed by atoms with Crippen molar-refractivity contribution in [2.45, 2.75) is 51.8 Å². The van der Waals surface area contributed by atoms with Crippen molar-refractivity contribution in [2.75, 3.05) is 13.1 Å². The smallest absolute Gasteiger partial charge is 0.255 e. The van der Waals surface area contributed by atoms with Crippen LogP contribution in [0.5, 0.6) is 5.75 Å². The van der Waals surface area contributed by atoms with Crippen molar-refractivity contribution < 1.29 is 9.53 Å². The summed E-state index contributed by atoms with van der Waals surface area (Å²) < 4.78 is 6.22. The third-order valence-electron chi connectivity index (χ3n) is 4.66. The van der Waals surface area contributed by atoms with Crippen LogP contribution in [0.25, 0.3) is 0 Å². The van der Waals surface area contributed by atoms with E-state index in [-0.39, 0.29) is 17.6 Å². The number of likely N-dealkylation sites (tertiary alicyclic amines) is 1. The lowest BCUT2D eigenvalue weighted by molar-refractivity contribution is 0.0870. The molecule has 2 heterocycles. The van der Waals surface area contributed by atoms with Gasteiger partial charge in [-0.15, -0.1) is 0 Å². The summed E-state index contributed by atoms with van der Waals surface area (Å²) >= 11 is 6.12. The van der Waals surface area contributed by atoms with Crippen LogP contribution in [0, 0.1) is 0 Å². The summed E-state index contributed by atoms with van der Waals surface area (Å²) in [6, 6.07) is 9.34. The van der Waals surface area contributed by atoms with Crippen LogP contribution in [-0.4, -0.2) is 40.5 Å². The van der Waals surface area contributed by atoms with Crippen LogP contribution >= 0.6 is 11.6 Å². The van der Waals surface area contributed by atoms with Crippen molar-refractivity contribution in [2.24, 2.45) is 0 Å². The van der Waals surface area contributed by atoms with E-state index in [0.717, 1.165) is 32.5 Å². The zero-order chi connectivity index (χ0) is 20.1. The molecule has 1 aliphatic heterocycles. The summed E-state index contributed by atoms with van der Waals surface area (Å²) in [6.07, 6.45) is 5.60. The van der Waals surface area contributed by atoms with Gasteiger partial charge in [0.25, 0.3) is 5.91 Å². The van der Waals surface area contributed by atoms with E-state index in [9.17, 15) is 4.79 Å². The highest BCUT2D eigenvalue weighted by Gasteiger charge is 2.24. The van der Waals surface area contributed by atoms with Gasteiger partial charge < -0.3 is 10.1 Å². The number of ether oxygens (including phenoxy) is 1. The van der Waals surface area contributed by atoms with Gasteiger partial charge in [-0.05, 0) is 69.5 Å². The first-order valence-corrected chi connectivity index (χ1v) is 10.1. The molecule has 28 heavy (non-hydrogen) atoms. The monoisotopic (exact) mass is 401 g/mol. The van der Waals surface area contributed by atoms with Gasteiger partial charge >= 0.3 is 0 Å². The molecule has 5 nitrogen and oxygen atoms in total. The number of nitrogens with one attached hydrogen (secondary N) is 1. The highest BCUT2D eigenvalue weighted by Crippen LogP contribution is 2.27. The molecule has 1 aliphatic rings. The number of nitrogens with zero attached hydrogens (tertiary/aromatic N) is 2. The topological polar surface area (TPSA) is 54.5 Å². The quantitative estimate of drug-likeness (QED) is 0.811. The minimum atomic E-state index is -0.324. The maximum Gasteiger partial charge on any atom is 0.255 e. The lowest BCUT2D eigenvalue weighted by Crippen LogP contribution is -2.41. The second-order valence-electron chi connectivity index (χ2n) is 8.29. The number of piperidine rings is 1. The van der Waals surface area contributed by atoms with E-state index in [1.54, 1.807) is 18.2 Å². The second-order valence-corrected chi connectivity index (χ2v) is 8.73. The standard InChI is InChI=1S/C22H28ClN3O2/c1-22(2,3)25-21(27)19-14-17(23)4-5-20(19)28-18-8-12-26(13-9-18)15-16-6-10-24-11-7-16/h4-7,10-11,14,18H,8-9,12-13,15H2,1-3H3,(H,25,27). The van der Waals surface area contributed by atoms with Gasteiger partial charge in [0.05, 0.1) is 5.56 Å². The summed E-state index contributed by atoms with van der Waals surface area (Å²) in [5.41, 5.74) is 1.43. The first-order chi connectivity index (χ1) is 13.3. The number of pyridine rings is 1. The van der Waals surface area contributed by atoms with E-state index in [1.165, 1.54) is 5.56 Å². The number of halogens is 1. The molecule has 0 saturated carbocycles. The zero-order valence-corrected chi connectivity index (χ0v) is 17.5. The average molecular weight is 402 g/mol. The van der Waals surface area contributed by atoms with E-state index < -0.39 is 0 Å². The number of hydrogen-bond donors (Lipinski definition) is 1. The molecule has 1 saturated heterocycles. The summed E-state index contributed by atoms with van der Waals surface area (Å²) in [6.45, 7) is 8.71. The molecule has 1 amide bonds. The molecule has 1 N–H and O–H groups in total. The number of aromatic nitrogens is 1. The summed E-state index contributed by atoms with van der Waals surface area (Å²) in [5, 5.41) is 3.51. The molecule has 0 unspecified atom stereocenters. The van der Waals surface area contributed by atoms with Crippen LogP contribution in [0.4, 0.5) is 0 Å². The maximum absolute atomic E-state index is 12.7. The number of amides is 1. The molecule has 0 aliphatic carbocycles. The number of carbonyl (C=O) groups is 1. The summed E-state index contributed by atoms with van der Waals surface area (Å²) in [4.78, 5) is 19.2. The molecule has 6 heteroatoms. The van der Waals surface area contributed by atoms with Crippen molar-refractivity contribution in [3.63, 3.8) is 0 Å². The maximum atomic E-state index is 12.7. The largest absolute Gasteiger partial charge is 0.489 e. The van der Waals surface area contributed by atoms with Gasteiger partial charge in [-0.2, -0.15) is 0 Å². The number of hydrogen-bond acceptors (Lipinski definition) is 4. The molecule has 1 aromatic heterocycles. The highest BCUT2D eigenvalue weighted by molar-refractivity contribution is 6.31. The van der Waals surface area contributed by atoms with Crippen molar-refractivity contribution in [3.8, 4) is 5.75 Å². The fraction of sp³-hybridized carbons (Fsp3) is 0.455. The van der Waals surface area contributed by atoms with E-state index in [1.807, 2.05) is 33.2 Å². The molecule has 1 aromatic carbocycles. The molecule has 0 atom stereocenters. The Labute approximate surface area is 172 Å². The minimum Gasteiger partial charge on any atom is -0.489 e. The number of benzene rings is 1. The van der Waals surface area contributed by atoms with Gasteiger partial charge in [-0.3, -0.25) is 14.7 Å². The Morgan fingerprint density at radius 2 is 1.89 bits per heavy atom. The predicted molar refractivity (Wildman–Crippen MR) is 112 cm³/mol. The predicted octanol–water partition coefficient (Wildman–Crippen LogP) is 4.31. The van der Waals surface area contributed by atoms with Crippen LogP contribution in [0.15, 0.2) is 42.7 Å². The van der Waals surface area contributed by atoms with Gasteiger partial charge in [0.2, 0.25) is 0 Å². The average Bonchev–Trinajstić information content (AvgIpc) is 2.64. The van der Waals surface area contributed by atoms with Gasteiger partial charge in [-0.1, -0.05) is 11.6 Å². The van der Waals surface area contributed by atoms with Gasteiger partial charge in [0, 0.05) is 42.6 Å². The van der Waals surface area contributed by atoms with Crippen molar-refractivity contribution in [1.82, 2.24) is 15.2 Å². The Kier molecular flexibility index (Phi) is 6.57. The summed E-state index contributed by atoms with van der Waals surface area (Å²) in [7, 11) is 0. The lowest BCUT2D eigenvalue weighted by Gasteiger charge is -2.32. The third-order valence-corrected chi connectivity index (χ3v) is 4.89. The SMILES string of the molecule is CC(C)(C)NC(=O)c1cc(Cl)ccc1OC1CCN(Cc2ccncc2)CC1. The van der Waals surface area contributed by atoms with Crippen molar-refractivity contribution in [1.29, 1.82) is 0 Å². The van der Waals surface area contributed by atoms with E-state index >= 15 is 0 Å². The van der Waals surface area contributed by atoms with Crippen LogP contribution in [0.2, 0.25) is 5.02 Å². The van der Waals surface area contributed by atoms with Crippen LogP contribution in [0.1, 0.15) is 49.5 Å². The molecule has 0 bridgehead atoms. The first-order valence-electron chi connectivity index (χ1n) is 9.70. The van der Waals surface area contributed by atoms with Crippen LogP contribution in [-0.2, 0) is 6.54 Å². The molecule has 3 rings (SSSR count). The van der Waals surface area contributed by atoms with Crippen LogP contribution in [0.3, 0.4) is 0 Å². The third kappa shape index (κ3) is 5.94. The molecular formula is C22H28ClN3O2. The van der Waals surface area contributed by atoms with Gasteiger partial charge in [0.1, 0.15) is 11.9 Å². The second kappa shape index (κ2) is 8.93. The zero-order valence-electron chi connectivity index (χ0n) is 16.7. The van der Waals surface area contributed by atoms with E-state index in [2.05, 4.69) is 27.3 Å². The fourth-order valence-electron chi connectivity index (χ4n) is 3.30. The highest BCUT2D eigenvalue weighted by atomic mass is 35.5. The lowest BCUT2D eigenvalue weighted by atomic mass is 10.1. The molecule has 2 aromatic rings. The summed E-state index contributed by atoms with van der Waals surface area (Å²) in [5.74, 6) is 0.429. The Morgan fingerprint density at radius 3 is 2.54 bits per heavy atom. The Morgan fingerprint density at radius 1 is 1.21 bits per heavy atom. The van der Waals surface area contributed by atoms with Crippen molar-refractivity contribution in [3.05, 3.63) is 58.9 Å². The van der Waals surface area contributed by atoms with Crippen LogP contribution < -0.4 is 10.1 Å².